The molecule has 5 aromatic rings. The zero-order valence-electron chi connectivity index (χ0n) is 14.4. The van der Waals surface area contributed by atoms with E-state index >= 15 is 0 Å². The molecule has 0 spiro atoms. The molecule has 126 valence electrons. The van der Waals surface area contributed by atoms with Gasteiger partial charge in [-0.05, 0) is 54.4 Å². The van der Waals surface area contributed by atoms with E-state index in [1.165, 1.54) is 0 Å². The van der Waals surface area contributed by atoms with Crippen LogP contribution in [0.1, 0.15) is 11.6 Å². The Balaban J connectivity index is 1.59. The van der Waals surface area contributed by atoms with Crippen molar-refractivity contribution in [3.05, 3.63) is 66.3 Å². The van der Waals surface area contributed by atoms with Crippen molar-refractivity contribution in [2.45, 2.75) is 13.8 Å². The molecule has 0 aliphatic heterocycles. The van der Waals surface area contributed by atoms with E-state index < -0.39 is 0 Å². The number of rotatable bonds is 2. The fourth-order valence-electron chi connectivity index (χ4n) is 3.04. The lowest BCUT2D eigenvalue weighted by Gasteiger charge is -2.00. The maximum Gasteiger partial charge on any atom is 0.228 e. The molecule has 5 rings (SSSR count). The first kappa shape index (κ1) is 14.8. The van der Waals surface area contributed by atoms with Crippen molar-refractivity contribution in [2.24, 2.45) is 0 Å². The van der Waals surface area contributed by atoms with E-state index in [0.717, 1.165) is 44.6 Å². The minimum Gasteiger partial charge on any atom is -0.441 e. The molecule has 2 aromatic carbocycles. The molecular weight excluding hydrogens is 326 g/mol. The molecule has 3 heterocycles. The molecule has 0 aliphatic rings. The van der Waals surface area contributed by atoms with Gasteiger partial charge in [0.25, 0.3) is 0 Å². The van der Waals surface area contributed by atoms with Gasteiger partial charge in [0, 0.05) is 18.8 Å². The van der Waals surface area contributed by atoms with Gasteiger partial charge in [-0.3, -0.25) is 4.98 Å². The van der Waals surface area contributed by atoms with Gasteiger partial charge in [0.05, 0.1) is 5.56 Å². The number of aryl methyl sites for hydroxylation is 2. The van der Waals surface area contributed by atoms with Crippen LogP contribution in [0.25, 0.3) is 44.8 Å². The van der Waals surface area contributed by atoms with Crippen LogP contribution < -0.4 is 0 Å². The lowest BCUT2D eigenvalue weighted by atomic mass is 10.1. The molecule has 5 nitrogen and oxygen atoms in total. The maximum atomic E-state index is 5.96. The zero-order chi connectivity index (χ0) is 17.7. The second-order valence-corrected chi connectivity index (χ2v) is 6.31. The average molecular weight is 341 g/mol. The van der Waals surface area contributed by atoms with Crippen molar-refractivity contribution >= 4 is 22.2 Å². The third-order valence-corrected chi connectivity index (χ3v) is 4.38. The van der Waals surface area contributed by atoms with E-state index in [0.29, 0.717) is 11.8 Å². The highest BCUT2D eigenvalue weighted by atomic mass is 16.4. The summed E-state index contributed by atoms with van der Waals surface area (Å²) in [5, 5.41) is 0. The van der Waals surface area contributed by atoms with Crippen LogP contribution in [-0.4, -0.2) is 15.0 Å². The van der Waals surface area contributed by atoms with Crippen molar-refractivity contribution in [3.63, 3.8) is 0 Å². The molecule has 5 heteroatoms. The summed E-state index contributed by atoms with van der Waals surface area (Å²) < 4.78 is 11.6. The van der Waals surface area contributed by atoms with Gasteiger partial charge in [0.1, 0.15) is 11.0 Å². The number of aromatic nitrogens is 3. The van der Waals surface area contributed by atoms with Gasteiger partial charge in [0.15, 0.2) is 17.1 Å². The second kappa shape index (κ2) is 5.52. The number of fused-ring (bicyclic) bond motifs is 2. The quantitative estimate of drug-likeness (QED) is 0.435. The van der Waals surface area contributed by atoms with Crippen LogP contribution in [0, 0.1) is 13.8 Å². The number of benzene rings is 2. The largest absolute Gasteiger partial charge is 0.441 e. The predicted molar refractivity (Wildman–Crippen MR) is 99.7 cm³/mol. The average Bonchev–Trinajstić information content (AvgIpc) is 3.23. The molecule has 0 atom stereocenters. The summed E-state index contributed by atoms with van der Waals surface area (Å²) in [4.78, 5) is 13.2. The van der Waals surface area contributed by atoms with E-state index in [-0.39, 0.29) is 0 Å². The van der Waals surface area contributed by atoms with Crippen molar-refractivity contribution in [2.75, 3.05) is 0 Å². The highest BCUT2D eigenvalue weighted by Crippen LogP contribution is 2.30. The van der Waals surface area contributed by atoms with Crippen molar-refractivity contribution in [1.82, 2.24) is 15.0 Å². The molecule has 3 aromatic heterocycles. The Morgan fingerprint density at radius 3 is 2.04 bits per heavy atom. The summed E-state index contributed by atoms with van der Waals surface area (Å²) in [6.07, 6.45) is 1.78. The zero-order valence-corrected chi connectivity index (χ0v) is 14.4. The van der Waals surface area contributed by atoms with E-state index in [1.807, 2.05) is 62.4 Å². The van der Waals surface area contributed by atoms with E-state index in [4.69, 9.17) is 8.83 Å². The maximum absolute atomic E-state index is 5.96. The summed E-state index contributed by atoms with van der Waals surface area (Å²) in [6.45, 7) is 3.80. The third kappa shape index (κ3) is 2.45. The van der Waals surface area contributed by atoms with Crippen LogP contribution in [0.5, 0.6) is 0 Å². The van der Waals surface area contributed by atoms with Crippen LogP contribution in [0.3, 0.4) is 0 Å². The molecule has 0 aliphatic carbocycles. The normalized spacial score (nSPS) is 11.5. The lowest BCUT2D eigenvalue weighted by Crippen LogP contribution is -1.82. The van der Waals surface area contributed by atoms with Crippen LogP contribution in [0.15, 0.2) is 63.6 Å². The summed E-state index contributed by atoms with van der Waals surface area (Å²) in [6, 6.07) is 15.9. The van der Waals surface area contributed by atoms with Gasteiger partial charge >= 0.3 is 0 Å². The molecule has 0 amide bonds. The first-order valence-corrected chi connectivity index (χ1v) is 8.37. The monoisotopic (exact) mass is 341 g/mol. The summed E-state index contributed by atoms with van der Waals surface area (Å²) in [5.74, 6) is 1.24. The summed E-state index contributed by atoms with van der Waals surface area (Å²) in [5.41, 5.74) is 7.12. The van der Waals surface area contributed by atoms with Gasteiger partial charge in [0.2, 0.25) is 5.89 Å². The highest BCUT2D eigenvalue weighted by molar-refractivity contribution is 5.85. The minimum absolute atomic E-state index is 0.575. The number of oxazole rings is 2. The number of hydrogen-bond donors (Lipinski definition) is 0. The number of hydrogen-bond acceptors (Lipinski definition) is 5. The van der Waals surface area contributed by atoms with E-state index in [1.54, 1.807) is 6.20 Å². The molecule has 0 saturated heterocycles. The molecule has 0 radical (unpaired) electrons. The third-order valence-electron chi connectivity index (χ3n) is 4.38. The van der Waals surface area contributed by atoms with Crippen LogP contribution in [0.2, 0.25) is 0 Å². The SMILES string of the molecule is Cc1ccc(-c2nc3ccc(-c4ccc5nc(C)oc5c4)cc3o2)cn1. The fourth-order valence-corrected chi connectivity index (χ4v) is 3.04. The summed E-state index contributed by atoms with van der Waals surface area (Å²) >= 11 is 0. The van der Waals surface area contributed by atoms with Crippen LogP contribution in [0.4, 0.5) is 0 Å². The van der Waals surface area contributed by atoms with Gasteiger partial charge in [-0.25, -0.2) is 9.97 Å². The molecular formula is C21H15N3O2. The van der Waals surface area contributed by atoms with E-state index in [2.05, 4.69) is 15.0 Å². The molecule has 0 bridgehead atoms. The Kier molecular flexibility index (Phi) is 3.15. The molecule has 0 fully saturated rings. The number of pyridine rings is 1. The second-order valence-electron chi connectivity index (χ2n) is 6.31. The predicted octanol–water partition coefficient (Wildman–Crippen LogP) is 5.31. The highest BCUT2D eigenvalue weighted by Gasteiger charge is 2.11. The van der Waals surface area contributed by atoms with Gasteiger partial charge < -0.3 is 8.83 Å². The molecule has 26 heavy (non-hydrogen) atoms. The first-order chi connectivity index (χ1) is 12.7. The van der Waals surface area contributed by atoms with Crippen LogP contribution >= 0.6 is 0 Å². The first-order valence-electron chi connectivity index (χ1n) is 8.37. The Morgan fingerprint density at radius 1 is 0.692 bits per heavy atom. The Morgan fingerprint density at radius 2 is 1.35 bits per heavy atom. The van der Waals surface area contributed by atoms with Gasteiger partial charge in [-0.2, -0.15) is 0 Å². The molecule has 0 saturated carbocycles. The smallest absolute Gasteiger partial charge is 0.228 e. The molecule has 0 N–H and O–H groups in total. The van der Waals surface area contributed by atoms with Crippen molar-refractivity contribution in [3.8, 4) is 22.6 Å². The topological polar surface area (TPSA) is 65.0 Å². The van der Waals surface area contributed by atoms with Gasteiger partial charge in [-0.15, -0.1) is 0 Å². The van der Waals surface area contributed by atoms with Gasteiger partial charge in [-0.1, -0.05) is 12.1 Å². The van der Waals surface area contributed by atoms with Crippen molar-refractivity contribution in [1.29, 1.82) is 0 Å². The standard InChI is InChI=1S/C21H15N3O2/c1-12-3-4-16(11-22-12)21-24-18-8-6-15(10-20(18)26-21)14-5-7-17-19(9-14)25-13(2)23-17/h3-11H,1-2H3. The Bertz CT molecular complexity index is 1250. The summed E-state index contributed by atoms with van der Waals surface area (Å²) in [7, 11) is 0. The fraction of sp³-hybridized carbons (Fsp3) is 0.0952. The number of nitrogens with zero attached hydrogens (tertiary/aromatic N) is 3. The Hall–Kier alpha value is -3.47. The van der Waals surface area contributed by atoms with Crippen molar-refractivity contribution < 1.29 is 8.83 Å². The van der Waals surface area contributed by atoms with E-state index in [9.17, 15) is 0 Å². The van der Waals surface area contributed by atoms with Crippen LogP contribution in [-0.2, 0) is 0 Å². The Labute approximate surface area is 149 Å². The lowest BCUT2D eigenvalue weighted by molar-refractivity contribution is 0.561. The minimum atomic E-state index is 0.575. The molecule has 0 unspecified atom stereocenters.